The van der Waals surface area contributed by atoms with E-state index < -0.39 is 5.60 Å². The largest absolute Gasteiger partial charge is 0.380 e. The highest BCUT2D eigenvalue weighted by Gasteiger charge is 2.32. The Labute approximate surface area is 132 Å². The van der Waals surface area contributed by atoms with E-state index in [9.17, 15) is 5.11 Å². The van der Waals surface area contributed by atoms with Crippen molar-refractivity contribution in [2.45, 2.75) is 31.8 Å². The van der Waals surface area contributed by atoms with Gasteiger partial charge in [-0.3, -0.25) is 4.98 Å². The molecule has 116 valence electrons. The number of nitrogens with zero attached hydrogens (tertiary/aromatic N) is 2. The van der Waals surface area contributed by atoms with Gasteiger partial charge in [0.1, 0.15) is 5.60 Å². The molecule has 1 aliphatic heterocycles. The summed E-state index contributed by atoms with van der Waals surface area (Å²) in [4.78, 5) is 6.64. The fourth-order valence-electron chi connectivity index (χ4n) is 3.22. The van der Waals surface area contributed by atoms with Crippen LogP contribution < -0.4 is 0 Å². The average Bonchev–Trinajstić information content (AvgIpc) is 3.08. The number of aromatic nitrogens is 1. The van der Waals surface area contributed by atoms with Crippen LogP contribution in [0.2, 0.25) is 0 Å². The summed E-state index contributed by atoms with van der Waals surface area (Å²) >= 11 is 0. The molecule has 1 fully saturated rings. The number of aliphatic hydroxyl groups is 1. The summed E-state index contributed by atoms with van der Waals surface area (Å²) in [5.41, 5.74) is 2.06. The molecule has 0 radical (unpaired) electrons. The normalized spacial score (nSPS) is 18.3. The molecular weight excluding hydrogens is 272 g/mol. The standard InChI is InChI=1S/C19H24N2O/c1-16-6-8-17(9-7-16)19(22,18-5-4-11-20-15-18)10-14-21-12-2-3-13-21/h4-9,11,15,22H,2-3,10,12-14H2,1H3. The van der Waals surface area contributed by atoms with E-state index in [-0.39, 0.29) is 0 Å². The zero-order valence-corrected chi connectivity index (χ0v) is 13.2. The van der Waals surface area contributed by atoms with Crippen molar-refractivity contribution in [3.63, 3.8) is 0 Å². The highest BCUT2D eigenvalue weighted by Crippen LogP contribution is 2.33. The number of aryl methyl sites for hydroxylation is 1. The number of rotatable bonds is 5. The first-order chi connectivity index (χ1) is 10.7. The predicted molar refractivity (Wildman–Crippen MR) is 88.7 cm³/mol. The minimum atomic E-state index is -0.968. The van der Waals surface area contributed by atoms with Crippen LogP contribution in [0.25, 0.3) is 0 Å². The van der Waals surface area contributed by atoms with Gasteiger partial charge >= 0.3 is 0 Å². The van der Waals surface area contributed by atoms with E-state index in [4.69, 9.17) is 0 Å². The van der Waals surface area contributed by atoms with Gasteiger partial charge < -0.3 is 10.0 Å². The Kier molecular flexibility index (Phi) is 4.55. The molecule has 1 unspecified atom stereocenters. The predicted octanol–water partition coefficient (Wildman–Crippen LogP) is 3.11. The van der Waals surface area contributed by atoms with E-state index in [1.807, 2.05) is 24.3 Å². The summed E-state index contributed by atoms with van der Waals surface area (Å²) in [5, 5.41) is 11.4. The third kappa shape index (κ3) is 3.21. The monoisotopic (exact) mass is 296 g/mol. The zero-order valence-electron chi connectivity index (χ0n) is 13.2. The Bertz CT molecular complexity index is 591. The van der Waals surface area contributed by atoms with Crippen LogP contribution in [-0.4, -0.2) is 34.6 Å². The summed E-state index contributed by atoms with van der Waals surface area (Å²) < 4.78 is 0. The molecule has 1 aliphatic rings. The molecule has 0 bridgehead atoms. The van der Waals surface area contributed by atoms with Gasteiger partial charge in [0.15, 0.2) is 0 Å². The molecule has 0 aliphatic carbocycles. The van der Waals surface area contributed by atoms with E-state index in [0.29, 0.717) is 6.42 Å². The quantitative estimate of drug-likeness (QED) is 0.921. The van der Waals surface area contributed by atoms with Crippen LogP contribution in [0.1, 0.15) is 36.0 Å². The molecule has 1 N–H and O–H groups in total. The average molecular weight is 296 g/mol. The van der Waals surface area contributed by atoms with Gasteiger partial charge in [-0.15, -0.1) is 0 Å². The van der Waals surface area contributed by atoms with Gasteiger partial charge in [-0.1, -0.05) is 35.9 Å². The summed E-state index contributed by atoms with van der Waals surface area (Å²) in [6.07, 6.45) is 6.77. The second-order valence-corrected chi connectivity index (χ2v) is 6.27. The first kappa shape index (κ1) is 15.2. The highest BCUT2D eigenvalue weighted by molar-refractivity contribution is 5.36. The Balaban J connectivity index is 1.88. The van der Waals surface area contributed by atoms with Crippen molar-refractivity contribution in [2.24, 2.45) is 0 Å². The van der Waals surface area contributed by atoms with Crippen LogP contribution >= 0.6 is 0 Å². The molecule has 1 aromatic heterocycles. The van der Waals surface area contributed by atoms with Crippen LogP contribution in [0.4, 0.5) is 0 Å². The fourth-order valence-corrected chi connectivity index (χ4v) is 3.22. The lowest BCUT2D eigenvalue weighted by molar-refractivity contribution is 0.0599. The van der Waals surface area contributed by atoms with Crippen LogP contribution in [0.3, 0.4) is 0 Å². The lowest BCUT2D eigenvalue weighted by atomic mass is 9.84. The van der Waals surface area contributed by atoms with Gasteiger partial charge in [0.05, 0.1) is 0 Å². The van der Waals surface area contributed by atoms with Crippen molar-refractivity contribution in [2.75, 3.05) is 19.6 Å². The molecule has 3 nitrogen and oxygen atoms in total. The molecule has 1 aromatic carbocycles. The summed E-state index contributed by atoms with van der Waals surface area (Å²) in [7, 11) is 0. The molecule has 0 spiro atoms. The lowest BCUT2D eigenvalue weighted by Gasteiger charge is -2.31. The second-order valence-electron chi connectivity index (χ2n) is 6.27. The van der Waals surface area contributed by atoms with Crippen molar-refractivity contribution >= 4 is 0 Å². The SMILES string of the molecule is Cc1ccc(C(O)(CCN2CCCC2)c2cccnc2)cc1. The third-order valence-corrected chi connectivity index (χ3v) is 4.66. The van der Waals surface area contributed by atoms with Gasteiger partial charge in [-0.05, 0) is 50.9 Å². The topological polar surface area (TPSA) is 36.4 Å². The smallest absolute Gasteiger partial charge is 0.117 e. The van der Waals surface area contributed by atoms with Crippen molar-refractivity contribution in [1.82, 2.24) is 9.88 Å². The lowest BCUT2D eigenvalue weighted by Crippen LogP contribution is -2.33. The zero-order chi connectivity index (χ0) is 15.4. The van der Waals surface area contributed by atoms with E-state index in [2.05, 4.69) is 28.9 Å². The number of benzene rings is 1. The number of pyridine rings is 1. The molecule has 3 rings (SSSR count). The summed E-state index contributed by atoms with van der Waals surface area (Å²) in [5.74, 6) is 0. The Morgan fingerprint density at radius 3 is 2.45 bits per heavy atom. The van der Waals surface area contributed by atoms with Crippen LogP contribution in [0.5, 0.6) is 0 Å². The Morgan fingerprint density at radius 2 is 1.82 bits per heavy atom. The number of hydrogen-bond acceptors (Lipinski definition) is 3. The van der Waals surface area contributed by atoms with Gasteiger partial charge in [0.2, 0.25) is 0 Å². The number of hydrogen-bond donors (Lipinski definition) is 1. The van der Waals surface area contributed by atoms with Crippen LogP contribution in [-0.2, 0) is 5.60 Å². The molecular formula is C19H24N2O. The second kappa shape index (κ2) is 6.59. The van der Waals surface area contributed by atoms with Gasteiger partial charge in [0.25, 0.3) is 0 Å². The van der Waals surface area contributed by atoms with E-state index in [1.54, 1.807) is 12.4 Å². The van der Waals surface area contributed by atoms with Crippen molar-refractivity contribution < 1.29 is 5.11 Å². The van der Waals surface area contributed by atoms with E-state index >= 15 is 0 Å². The Morgan fingerprint density at radius 1 is 1.09 bits per heavy atom. The summed E-state index contributed by atoms with van der Waals surface area (Å²) in [6.45, 7) is 5.28. The fraction of sp³-hybridized carbons (Fsp3) is 0.421. The molecule has 3 heteroatoms. The number of likely N-dealkylation sites (tertiary alicyclic amines) is 1. The maximum absolute atomic E-state index is 11.4. The van der Waals surface area contributed by atoms with Crippen molar-refractivity contribution in [3.8, 4) is 0 Å². The maximum atomic E-state index is 11.4. The minimum absolute atomic E-state index is 0.696. The maximum Gasteiger partial charge on any atom is 0.117 e. The third-order valence-electron chi connectivity index (χ3n) is 4.66. The van der Waals surface area contributed by atoms with E-state index in [1.165, 1.54) is 18.4 Å². The molecule has 0 saturated carbocycles. The molecule has 0 amide bonds. The van der Waals surface area contributed by atoms with E-state index in [0.717, 1.165) is 30.8 Å². The molecule has 22 heavy (non-hydrogen) atoms. The van der Waals surface area contributed by atoms with Gasteiger partial charge in [-0.25, -0.2) is 0 Å². The highest BCUT2D eigenvalue weighted by atomic mass is 16.3. The van der Waals surface area contributed by atoms with Gasteiger partial charge in [0, 0.05) is 24.5 Å². The first-order valence-electron chi connectivity index (χ1n) is 8.11. The molecule has 1 saturated heterocycles. The van der Waals surface area contributed by atoms with Crippen LogP contribution in [0, 0.1) is 6.92 Å². The van der Waals surface area contributed by atoms with Gasteiger partial charge in [-0.2, -0.15) is 0 Å². The van der Waals surface area contributed by atoms with Crippen molar-refractivity contribution in [1.29, 1.82) is 0 Å². The molecule has 2 aromatic rings. The molecule has 1 atom stereocenters. The van der Waals surface area contributed by atoms with Crippen molar-refractivity contribution in [3.05, 3.63) is 65.5 Å². The van der Waals surface area contributed by atoms with Crippen LogP contribution in [0.15, 0.2) is 48.8 Å². The minimum Gasteiger partial charge on any atom is -0.380 e. The Hall–Kier alpha value is -1.71. The first-order valence-corrected chi connectivity index (χ1v) is 8.11. The molecule has 2 heterocycles. The summed E-state index contributed by atoms with van der Waals surface area (Å²) in [6, 6.07) is 12.1.